The number of aromatic hydroxyl groups is 1. The van der Waals surface area contributed by atoms with Crippen LogP contribution >= 0.6 is 11.6 Å². The molecule has 1 aliphatic heterocycles. The van der Waals surface area contributed by atoms with E-state index in [1.54, 1.807) is 4.90 Å². The Morgan fingerprint density at radius 2 is 2.00 bits per heavy atom. The van der Waals surface area contributed by atoms with Gasteiger partial charge in [-0.05, 0) is 12.1 Å². The highest BCUT2D eigenvalue weighted by Gasteiger charge is 2.25. The molecule has 3 N–H and O–H groups in total. The third-order valence-electron chi connectivity index (χ3n) is 4.79. The van der Waals surface area contributed by atoms with Crippen molar-refractivity contribution >= 4 is 34.2 Å². The monoisotopic (exact) mass is 418 g/mol. The van der Waals surface area contributed by atoms with Crippen LogP contribution < -0.4 is 15.6 Å². The van der Waals surface area contributed by atoms with Crippen molar-refractivity contribution in [1.29, 1.82) is 0 Å². The second-order valence-corrected chi connectivity index (χ2v) is 6.93. The highest BCUT2D eigenvalue weighted by molar-refractivity contribution is 6.38. The SMILES string of the molecule is O=C(O)c1cn(-c2cccc(O)n2)c2c(Cl)c(N3CCNCC3)c(F)cc2c1=O. The minimum Gasteiger partial charge on any atom is -0.493 e. The van der Waals surface area contributed by atoms with Crippen LogP contribution in [-0.2, 0) is 0 Å². The Labute approximate surface area is 168 Å². The molecule has 10 heteroatoms. The Morgan fingerprint density at radius 1 is 1.28 bits per heavy atom. The van der Waals surface area contributed by atoms with E-state index in [1.807, 2.05) is 0 Å². The quantitative estimate of drug-likeness (QED) is 0.597. The number of carboxylic acid groups (broad SMARTS) is 1. The molecule has 0 unspecified atom stereocenters. The Balaban J connectivity index is 2.10. The average molecular weight is 419 g/mol. The lowest BCUT2D eigenvalue weighted by atomic mass is 10.1. The van der Waals surface area contributed by atoms with Crippen LogP contribution in [0.5, 0.6) is 5.88 Å². The summed E-state index contributed by atoms with van der Waals surface area (Å²) in [6.45, 7) is 2.33. The van der Waals surface area contributed by atoms with Crippen molar-refractivity contribution in [3.63, 3.8) is 0 Å². The Kier molecular flexibility index (Phi) is 4.85. The summed E-state index contributed by atoms with van der Waals surface area (Å²) in [4.78, 5) is 30.0. The number of anilines is 1. The molecule has 0 radical (unpaired) electrons. The van der Waals surface area contributed by atoms with Crippen molar-refractivity contribution in [1.82, 2.24) is 14.9 Å². The van der Waals surface area contributed by atoms with E-state index >= 15 is 0 Å². The molecule has 29 heavy (non-hydrogen) atoms. The fourth-order valence-corrected chi connectivity index (χ4v) is 3.86. The number of rotatable bonds is 3. The first-order valence-electron chi connectivity index (χ1n) is 8.81. The maximum Gasteiger partial charge on any atom is 0.341 e. The molecule has 2 aromatic heterocycles. The Hall–Kier alpha value is -3.17. The molecule has 0 atom stereocenters. The molecular formula is C19H16ClFN4O4. The highest BCUT2D eigenvalue weighted by atomic mass is 35.5. The van der Waals surface area contributed by atoms with E-state index in [4.69, 9.17) is 11.6 Å². The second-order valence-electron chi connectivity index (χ2n) is 6.56. The molecule has 1 aromatic carbocycles. The minimum absolute atomic E-state index is 0.0268. The molecule has 3 aromatic rings. The molecule has 3 heterocycles. The van der Waals surface area contributed by atoms with Crippen LogP contribution in [0.4, 0.5) is 10.1 Å². The van der Waals surface area contributed by atoms with Crippen molar-refractivity contribution in [3.05, 3.63) is 57.1 Å². The van der Waals surface area contributed by atoms with Crippen LogP contribution in [0, 0.1) is 5.82 Å². The molecule has 150 valence electrons. The molecule has 0 bridgehead atoms. The van der Waals surface area contributed by atoms with Gasteiger partial charge in [0.1, 0.15) is 17.2 Å². The summed E-state index contributed by atoms with van der Waals surface area (Å²) in [5.74, 6) is -2.34. The number of aromatic nitrogens is 2. The van der Waals surface area contributed by atoms with Crippen LogP contribution in [0.1, 0.15) is 10.4 Å². The van der Waals surface area contributed by atoms with Gasteiger partial charge < -0.3 is 20.4 Å². The summed E-state index contributed by atoms with van der Waals surface area (Å²) in [6.07, 6.45) is 1.08. The predicted octanol–water partition coefficient (Wildman–Crippen LogP) is 1.99. The third kappa shape index (κ3) is 3.28. The van der Waals surface area contributed by atoms with E-state index in [1.165, 1.54) is 22.8 Å². The first-order chi connectivity index (χ1) is 13.9. The predicted molar refractivity (Wildman–Crippen MR) is 106 cm³/mol. The van der Waals surface area contributed by atoms with E-state index in [9.17, 15) is 24.2 Å². The minimum atomic E-state index is -1.46. The van der Waals surface area contributed by atoms with Gasteiger partial charge in [-0.3, -0.25) is 9.36 Å². The van der Waals surface area contributed by atoms with Crippen molar-refractivity contribution in [2.75, 3.05) is 31.1 Å². The molecule has 0 amide bonds. The fourth-order valence-electron chi connectivity index (χ4n) is 3.46. The number of benzene rings is 1. The van der Waals surface area contributed by atoms with Crippen molar-refractivity contribution in [2.45, 2.75) is 0 Å². The van der Waals surface area contributed by atoms with Crippen LogP contribution in [0.15, 0.2) is 35.3 Å². The summed E-state index contributed by atoms with van der Waals surface area (Å²) in [5, 5.41) is 22.1. The number of carboxylic acids is 1. The van der Waals surface area contributed by atoms with Gasteiger partial charge in [0.25, 0.3) is 0 Å². The zero-order valence-electron chi connectivity index (χ0n) is 15.0. The zero-order chi connectivity index (χ0) is 20.7. The van der Waals surface area contributed by atoms with Gasteiger partial charge in [0.05, 0.1) is 21.6 Å². The maximum atomic E-state index is 15.0. The summed E-state index contributed by atoms with van der Waals surface area (Å²) in [6, 6.07) is 5.38. The number of aromatic carboxylic acids is 1. The first kappa shape index (κ1) is 19.2. The molecule has 4 rings (SSSR count). The second kappa shape index (κ2) is 7.34. The zero-order valence-corrected chi connectivity index (χ0v) is 15.8. The normalized spacial score (nSPS) is 14.3. The molecule has 1 aliphatic rings. The fraction of sp³-hybridized carbons (Fsp3) is 0.211. The number of carbonyl (C=O) groups is 1. The molecule has 1 saturated heterocycles. The number of fused-ring (bicyclic) bond motifs is 1. The van der Waals surface area contributed by atoms with Crippen LogP contribution in [0.25, 0.3) is 16.7 Å². The summed E-state index contributed by atoms with van der Waals surface area (Å²) < 4.78 is 16.3. The average Bonchev–Trinajstić information content (AvgIpc) is 2.69. The van der Waals surface area contributed by atoms with E-state index < -0.39 is 22.8 Å². The van der Waals surface area contributed by atoms with Crippen molar-refractivity contribution in [2.24, 2.45) is 0 Å². The van der Waals surface area contributed by atoms with Crippen molar-refractivity contribution < 1.29 is 19.4 Å². The molecule has 0 spiro atoms. The van der Waals surface area contributed by atoms with Gasteiger partial charge in [-0.25, -0.2) is 9.18 Å². The molecule has 1 fully saturated rings. The van der Waals surface area contributed by atoms with Gasteiger partial charge >= 0.3 is 5.97 Å². The smallest absolute Gasteiger partial charge is 0.341 e. The molecular weight excluding hydrogens is 403 g/mol. The van der Waals surface area contributed by atoms with Gasteiger partial charge in [-0.2, -0.15) is 4.98 Å². The van der Waals surface area contributed by atoms with Crippen LogP contribution in [0.3, 0.4) is 0 Å². The number of nitrogens with one attached hydrogen (secondary N) is 1. The Bertz CT molecular complexity index is 1190. The highest BCUT2D eigenvalue weighted by Crippen LogP contribution is 2.36. The van der Waals surface area contributed by atoms with Gasteiger partial charge in [-0.1, -0.05) is 17.7 Å². The lowest BCUT2D eigenvalue weighted by molar-refractivity contribution is 0.0695. The molecule has 0 aliphatic carbocycles. The maximum absolute atomic E-state index is 15.0. The summed E-state index contributed by atoms with van der Waals surface area (Å²) in [5.41, 5.74) is -1.16. The lowest BCUT2D eigenvalue weighted by Gasteiger charge is -2.31. The van der Waals surface area contributed by atoms with E-state index in [0.717, 1.165) is 12.3 Å². The standard InChI is InChI=1S/C19H16ClFN4O4/c20-15-16-10(8-12(21)17(15)24-6-4-22-5-7-24)18(27)11(19(28)29)9-25(16)13-2-1-3-14(26)23-13/h1-3,8-9,22H,4-7H2,(H,23,26)(H,28,29). The van der Waals surface area contributed by atoms with Crippen molar-refractivity contribution in [3.8, 4) is 11.7 Å². The number of pyridine rings is 2. The molecule has 8 nitrogen and oxygen atoms in total. The third-order valence-corrected chi connectivity index (χ3v) is 5.14. The van der Waals surface area contributed by atoms with Gasteiger partial charge in [-0.15, -0.1) is 0 Å². The summed E-state index contributed by atoms with van der Waals surface area (Å²) >= 11 is 6.58. The number of piperazine rings is 1. The number of hydrogen-bond acceptors (Lipinski definition) is 6. The van der Waals surface area contributed by atoms with Crippen LogP contribution in [0.2, 0.25) is 5.02 Å². The lowest BCUT2D eigenvalue weighted by Crippen LogP contribution is -2.44. The first-order valence-corrected chi connectivity index (χ1v) is 9.19. The van der Waals surface area contributed by atoms with E-state index in [2.05, 4.69) is 10.3 Å². The topological polar surface area (TPSA) is 108 Å². The van der Waals surface area contributed by atoms with Crippen LogP contribution in [-0.4, -0.2) is 51.9 Å². The van der Waals surface area contributed by atoms with E-state index in [0.29, 0.717) is 26.2 Å². The largest absolute Gasteiger partial charge is 0.493 e. The summed E-state index contributed by atoms with van der Waals surface area (Å²) in [7, 11) is 0. The van der Waals surface area contributed by atoms with Gasteiger partial charge in [0, 0.05) is 38.4 Å². The number of halogens is 2. The Morgan fingerprint density at radius 3 is 2.66 bits per heavy atom. The van der Waals surface area contributed by atoms with Gasteiger partial charge in [0.2, 0.25) is 11.3 Å². The number of hydrogen-bond donors (Lipinski definition) is 3. The number of nitrogens with zero attached hydrogens (tertiary/aromatic N) is 3. The van der Waals surface area contributed by atoms with Gasteiger partial charge in [0.15, 0.2) is 0 Å². The molecule has 0 saturated carbocycles. The van der Waals surface area contributed by atoms with E-state index in [-0.39, 0.29) is 33.3 Å².